The molecular weight excluding hydrogens is 393 g/mol. The minimum absolute atomic E-state index is 0.0883. The summed E-state index contributed by atoms with van der Waals surface area (Å²) in [4.78, 5) is 20.9. The van der Waals surface area contributed by atoms with Gasteiger partial charge >= 0.3 is 0 Å². The number of piperazine rings is 1. The highest BCUT2D eigenvalue weighted by Gasteiger charge is 2.22. The SMILES string of the molecule is O=C(CCc1ncc(-c2ccc(F)cc2)o1)N1CCN(c2ccccc2Cl)CC1. The molecule has 0 saturated carbocycles. The standard InChI is InChI=1S/C22H21ClFN3O2/c23-18-3-1-2-4-19(18)26-11-13-27(14-12-26)22(28)10-9-21-25-15-20(29-21)16-5-7-17(24)8-6-16/h1-8,15H,9-14H2. The Kier molecular flexibility index (Phi) is 5.81. The highest BCUT2D eigenvalue weighted by molar-refractivity contribution is 6.33. The zero-order valence-corrected chi connectivity index (χ0v) is 16.6. The quantitative estimate of drug-likeness (QED) is 0.621. The molecule has 1 aromatic heterocycles. The second-order valence-corrected chi connectivity index (χ2v) is 7.35. The van der Waals surface area contributed by atoms with Gasteiger partial charge in [-0.1, -0.05) is 23.7 Å². The second kappa shape index (κ2) is 8.66. The molecule has 7 heteroatoms. The lowest BCUT2D eigenvalue weighted by molar-refractivity contribution is -0.131. The van der Waals surface area contributed by atoms with Crippen molar-refractivity contribution >= 4 is 23.2 Å². The summed E-state index contributed by atoms with van der Waals surface area (Å²) in [5.41, 5.74) is 1.77. The Labute approximate surface area is 173 Å². The molecular formula is C22H21ClFN3O2. The molecule has 0 atom stereocenters. The molecule has 0 unspecified atom stereocenters. The Hall–Kier alpha value is -2.86. The van der Waals surface area contributed by atoms with Gasteiger partial charge in [0.25, 0.3) is 0 Å². The van der Waals surface area contributed by atoms with E-state index in [1.54, 1.807) is 18.3 Å². The zero-order valence-electron chi connectivity index (χ0n) is 15.9. The number of hydrogen-bond acceptors (Lipinski definition) is 4. The molecule has 0 bridgehead atoms. The van der Waals surface area contributed by atoms with Crippen LogP contribution in [0.1, 0.15) is 12.3 Å². The van der Waals surface area contributed by atoms with Gasteiger partial charge in [-0.2, -0.15) is 0 Å². The van der Waals surface area contributed by atoms with Crippen LogP contribution in [-0.4, -0.2) is 42.0 Å². The van der Waals surface area contributed by atoms with E-state index in [0.717, 1.165) is 29.4 Å². The number of aromatic nitrogens is 1. The van der Waals surface area contributed by atoms with Crippen molar-refractivity contribution in [1.29, 1.82) is 0 Å². The van der Waals surface area contributed by atoms with E-state index in [0.29, 0.717) is 37.6 Å². The van der Waals surface area contributed by atoms with Crippen LogP contribution < -0.4 is 4.90 Å². The number of carbonyl (C=O) groups excluding carboxylic acids is 1. The third-order valence-electron chi connectivity index (χ3n) is 5.06. The molecule has 0 spiro atoms. The van der Waals surface area contributed by atoms with Crippen LogP contribution >= 0.6 is 11.6 Å². The van der Waals surface area contributed by atoms with Crippen LogP contribution in [-0.2, 0) is 11.2 Å². The molecule has 1 amide bonds. The van der Waals surface area contributed by atoms with Crippen molar-refractivity contribution in [1.82, 2.24) is 9.88 Å². The van der Waals surface area contributed by atoms with Crippen molar-refractivity contribution in [3.8, 4) is 11.3 Å². The summed E-state index contributed by atoms with van der Waals surface area (Å²) in [6.07, 6.45) is 2.38. The molecule has 150 valence electrons. The predicted octanol–water partition coefficient (Wildman–Crippen LogP) is 4.42. The van der Waals surface area contributed by atoms with Gasteiger partial charge < -0.3 is 14.2 Å². The van der Waals surface area contributed by atoms with Gasteiger partial charge in [-0.25, -0.2) is 9.37 Å². The van der Waals surface area contributed by atoms with Gasteiger partial charge in [-0.3, -0.25) is 4.79 Å². The summed E-state index contributed by atoms with van der Waals surface area (Å²) in [5, 5.41) is 0.730. The maximum atomic E-state index is 13.0. The van der Waals surface area contributed by atoms with Gasteiger partial charge in [0.1, 0.15) is 5.82 Å². The molecule has 0 radical (unpaired) electrons. The van der Waals surface area contributed by atoms with Crippen LogP contribution in [0.25, 0.3) is 11.3 Å². The van der Waals surface area contributed by atoms with E-state index in [-0.39, 0.29) is 11.7 Å². The van der Waals surface area contributed by atoms with Crippen molar-refractivity contribution in [2.45, 2.75) is 12.8 Å². The molecule has 3 aromatic rings. The van der Waals surface area contributed by atoms with Gasteiger partial charge in [-0.05, 0) is 36.4 Å². The molecule has 2 aromatic carbocycles. The topological polar surface area (TPSA) is 49.6 Å². The number of para-hydroxylation sites is 1. The Morgan fingerprint density at radius 3 is 2.52 bits per heavy atom. The average Bonchev–Trinajstić information content (AvgIpc) is 3.22. The van der Waals surface area contributed by atoms with E-state index in [1.165, 1.54) is 12.1 Å². The summed E-state index contributed by atoms with van der Waals surface area (Å²) >= 11 is 6.27. The van der Waals surface area contributed by atoms with Crippen molar-refractivity contribution in [3.63, 3.8) is 0 Å². The molecule has 0 N–H and O–H groups in total. The smallest absolute Gasteiger partial charge is 0.223 e. The minimum atomic E-state index is -0.297. The van der Waals surface area contributed by atoms with Gasteiger partial charge in [0.15, 0.2) is 11.7 Å². The van der Waals surface area contributed by atoms with Crippen molar-refractivity contribution in [3.05, 3.63) is 71.5 Å². The number of benzene rings is 2. The Balaban J connectivity index is 1.29. The van der Waals surface area contributed by atoms with Crippen molar-refractivity contribution in [2.75, 3.05) is 31.1 Å². The molecule has 5 nitrogen and oxygen atoms in total. The lowest BCUT2D eigenvalue weighted by atomic mass is 10.2. The summed E-state index contributed by atoms with van der Waals surface area (Å²) in [7, 11) is 0. The molecule has 1 aliphatic rings. The van der Waals surface area contributed by atoms with Gasteiger partial charge in [-0.15, -0.1) is 0 Å². The summed E-state index contributed by atoms with van der Waals surface area (Å²) in [5.74, 6) is 0.868. The highest BCUT2D eigenvalue weighted by atomic mass is 35.5. The maximum Gasteiger partial charge on any atom is 0.223 e. The first-order valence-corrected chi connectivity index (χ1v) is 9.96. The van der Waals surface area contributed by atoms with E-state index in [4.69, 9.17) is 16.0 Å². The lowest BCUT2D eigenvalue weighted by Gasteiger charge is -2.36. The minimum Gasteiger partial charge on any atom is -0.441 e. The molecule has 2 heterocycles. The molecule has 4 rings (SSSR count). The Morgan fingerprint density at radius 2 is 1.79 bits per heavy atom. The molecule has 1 saturated heterocycles. The summed E-state index contributed by atoms with van der Waals surface area (Å²) in [6, 6.07) is 13.8. The lowest BCUT2D eigenvalue weighted by Crippen LogP contribution is -2.48. The fraction of sp³-hybridized carbons (Fsp3) is 0.273. The van der Waals surface area contributed by atoms with Crippen LogP contribution in [0.15, 0.2) is 59.1 Å². The predicted molar refractivity (Wildman–Crippen MR) is 110 cm³/mol. The first-order valence-electron chi connectivity index (χ1n) is 9.58. The fourth-order valence-corrected chi connectivity index (χ4v) is 3.71. The number of aryl methyl sites for hydroxylation is 1. The molecule has 1 aliphatic heterocycles. The van der Waals surface area contributed by atoms with E-state index in [1.807, 2.05) is 29.2 Å². The van der Waals surface area contributed by atoms with Crippen LogP contribution in [0.5, 0.6) is 0 Å². The van der Waals surface area contributed by atoms with Crippen molar-refractivity contribution < 1.29 is 13.6 Å². The first-order chi connectivity index (χ1) is 14.1. The van der Waals surface area contributed by atoms with Crippen LogP contribution in [0, 0.1) is 5.82 Å². The van der Waals surface area contributed by atoms with E-state index in [2.05, 4.69) is 9.88 Å². The molecule has 29 heavy (non-hydrogen) atoms. The number of oxazole rings is 1. The Bertz CT molecular complexity index is 982. The monoisotopic (exact) mass is 413 g/mol. The maximum absolute atomic E-state index is 13.0. The number of carbonyl (C=O) groups is 1. The van der Waals surface area contributed by atoms with E-state index < -0.39 is 0 Å². The number of nitrogens with zero attached hydrogens (tertiary/aromatic N) is 3. The normalized spacial score (nSPS) is 14.3. The van der Waals surface area contributed by atoms with Crippen LogP contribution in [0.2, 0.25) is 5.02 Å². The van der Waals surface area contributed by atoms with Crippen LogP contribution in [0.4, 0.5) is 10.1 Å². The fourth-order valence-electron chi connectivity index (χ4n) is 3.45. The summed E-state index contributed by atoms with van der Waals surface area (Å²) < 4.78 is 18.7. The summed E-state index contributed by atoms with van der Waals surface area (Å²) in [6.45, 7) is 2.83. The van der Waals surface area contributed by atoms with Crippen molar-refractivity contribution in [2.24, 2.45) is 0 Å². The third kappa shape index (κ3) is 4.59. The van der Waals surface area contributed by atoms with E-state index >= 15 is 0 Å². The van der Waals surface area contributed by atoms with Gasteiger partial charge in [0, 0.05) is 44.6 Å². The third-order valence-corrected chi connectivity index (χ3v) is 5.38. The first kappa shape index (κ1) is 19.5. The number of anilines is 1. The van der Waals surface area contributed by atoms with Gasteiger partial charge in [0.2, 0.25) is 5.91 Å². The van der Waals surface area contributed by atoms with E-state index in [9.17, 15) is 9.18 Å². The molecule has 1 fully saturated rings. The Morgan fingerprint density at radius 1 is 1.07 bits per heavy atom. The number of hydrogen-bond donors (Lipinski definition) is 0. The highest BCUT2D eigenvalue weighted by Crippen LogP contribution is 2.26. The number of amides is 1. The molecule has 0 aliphatic carbocycles. The zero-order chi connectivity index (χ0) is 20.2. The second-order valence-electron chi connectivity index (χ2n) is 6.94. The van der Waals surface area contributed by atoms with Crippen LogP contribution in [0.3, 0.4) is 0 Å². The average molecular weight is 414 g/mol. The number of rotatable bonds is 5. The van der Waals surface area contributed by atoms with Gasteiger partial charge in [0.05, 0.1) is 16.9 Å². The largest absolute Gasteiger partial charge is 0.441 e. The number of halogens is 2.